The van der Waals surface area contributed by atoms with Crippen LogP contribution >= 0.6 is 35.6 Å². The van der Waals surface area contributed by atoms with E-state index in [-0.39, 0.29) is 47.2 Å². The fourth-order valence-electron chi connectivity index (χ4n) is 1.98. The van der Waals surface area contributed by atoms with Crippen molar-refractivity contribution in [3.05, 3.63) is 34.4 Å². The summed E-state index contributed by atoms with van der Waals surface area (Å²) in [5, 5.41) is -0.245. The first-order valence-electron chi connectivity index (χ1n) is 6.27. The van der Waals surface area contributed by atoms with Gasteiger partial charge in [0.05, 0.1) is 24.3 Å². The van der Waals surface area contributed by atoms with Gasteiger partial charge >= 0.3 is 0 Å². The Hall–Kier alpha value is -0.670. The van der Waals surface area contributed by atoms with Crippen LogP contribution in [0.1, 0.15) is 12.5 Å². The molecule has 4 nitrogen and oxygen atoms in total. The SMILES string of the molecule is CC1CN(C(N)=NCc2cc(F)c(Cl)cc2F)CCO1.I. The molecule has 0 saturated carbocycles. The van der Waals surface area contributed by atoms with Crippen LogP contribution in [0, 0.1) is 11.6 Å². The van der Waals surface area contributed by atoms with Gasteiger partial charge in [-0.15, -0.1) is 24.0 Å². The molecule has 1 heterocycles. The van der Waals surface area contributed by atoms with Gasteiger partial charge in [0.1, 0.15) is 11.6 Å². The van der Waals surface area contributed by atoms with Crippen molar-refractivity contribution in [1.82, 2.24) is 4.90 Å². The minimum Gasteiger partial charge on any atom is -0.375 e. The lowest BCUT2D eigenvalue weighted by Crippen LogP contribution is -2.47. The first kappa shape index (κ1) is 18.4. The first-order valence-corrected chi connectivity index (χ1v) is 6.65. The minimum atomic E-state index is -0.670. The number of hydrogen-bond donors (Lipinski definition) is 1. The van der Waals surface area contributed by atoms with Gasteiger partial charge in [0, 0.05) is 18.7 Å². The van der Waals surface area contributed by atoms with Gasteiger partial charge in [-0.25, -0.2) is 13.8 Å². The summed E-state index contributed by atoms with van der Waals surface area (Å²) in [6.07, 6.45) is 0.0715. The molecule has 1 unspecified atom stereocenters. The molecule has 118 valence electrons. The Morgan fingerprint density at radius 1 is 1.48 bits per heavy atom. The highest BCUT2D eigenvalue weighted by Crippen LogP contribution is 2.20. The van der Waals surface area contributed by atoms with Gasteiger partial charge in [-0.05, 0) is 19.1 Å². The Balaban J connectivity index is 0.00000220. The molecule has 8 heteroatoms. The molecule has 2 rings (SSSR count). The first-order chi connectivity index (χ1) is 9.47. The molecule has 0 radical (unpaired) electrons. The summed E-state index contributed by atoms with van der Waals surface area (Å²) < 4.78 is 32.3. The van der Waals surface area contributed by atoms with Crippen molar-refractivity contribution in [3.63, 3.8) is 0 Å². The van der Waals surface area contributed by atoms with Gasteiger partial charge in [-0.1, -0.05) is 11.6 Å². The third-order valence-corrected chi connectivity index (χ3v) is 3.36. The predicted molar refractivity (Wildman–Crippen MR) is 89.1 cm³/mol. The molecule has 0 aromatic heterocycles. The molecule has 0 bridgehead atoms. The molecule has 1 aromatic rings. The fourth-order valence-corrected chi connectivity index (χ4v) is 2.13. The summed E-state index contributed by atoms with van der Waals surface area (Å²) >= 11 is 5.49. The molecule has 0 amide bonds. The number of aliphatic imine (C=N–C) groups is 1. The molecule has 21 heavy (non-hydrogen) atoms. The molecular formula is C13H17ClF2IN3O. The van der Waals surface area contributed by atoms with Gasteiger partial charge in [-0.3, -0.25) is 0 Å². The second-order valence-electron chi connectivity index (χ2n) is 4.66. The summed E-state index contributed by atoms with van der Waals surface area (Å²) in [4.78, 5) is 5.96. The monoisotopic (exact) mass is 431 g/mol. The van der Waals surface area contributed by atoms with Crippen molar-refractivity contribution in [3.8, 4) is 0 Å². The Morgan fingerprint density at radius 2 is 2.19 bits per heavy atom. The smallest absolute Gasteiger partial charge is 0.191 e. The van der Waals surface area contributed by atoms with Crippen molar-refractivity contribution >= 4 is 41.5 Å². The van der Waals surface area contributed by atoms with E-state index in [4.69, 9.17) is 22.1 Å². The lowest BCUT2D eigenvalue weighted by atomic mass is 10.2. The van der Waals surface area contributed by atoms with Crippen LogP contribution < -0.4 is 5.73 Å². The highest BCUT2D eigenvalue weighted by molar-refractivity contribution is 14.0. The van der Waals surface area contributed by atoms with E-state index in [2.05, 4.69) is 4.99 Å². The highest BCUT2D eigenvalue weighted by Gasteiger charge is 2.18. The molecule has 1 aromatic carbocycles. The Kier molecular flexibility index (Phi) is 7.08. The zero-order valence-electron chi connectivity index (χ0n) is 11.5. The number of nitrogens with zero attached hydrogens (tertiary/aromatic N) is 2. The number of guanidine groups is 1. The summed E-state index contributed by atoms with van der Waals surface area (Å²) in [6.45, 7) is 3.75. The van der Waals surface area contributed by atoms with E-state index < -0.39 is 11.6 Å². The zero-order chi connectivity index (χ0) is 14.7. The highest BCUT2D eigenvalue weighted by atomic mass is 127. The maximum Gasteiger partial charge on any atom is 0.191 e. The normalized spacial score (nSPS) is 19.3. The summed E-state index contributed by atoms with van der Waals surface area (Å²) in [5.74, 6) is -0.963. The number of nitrogens with two attached hydrogens (primary N) is 1. The number of halogens is 4. The molecule has 1 aliphatic rings. The van der Waals surface area contributed by atoms with E-state index in [1.54, 1.807) is 0 Å². The Morgan fingerprint density at radius 3 is 2.86 bits per heavy atom. The molecule has 1 aliphatic heterocycles. The van der Waals surface area contributed by atoms with Crippen LogP contribution in [0.25, 0.3) is 0 Å². The molecule has 0 aliphatic carbocycles. The van der Waals surface area contributed by atoms with Gasteiger partial charge in [0.25, 0.3) is 0 Å². The third kappa shape index (κ3) is 4.93. The predicted octanol–water partition coefficient (Wildman–Crippen LogP) is 2.77. The van der Waals surface area contributed by atoms with Gasteiger partial charge < -0.3 is 15.4 Å². The average molecular weight is 432 g/mol. The van der Waals surface area contributed by atoms with E-state index in [1.165, 1.54) is 0 Å². The maximum atomic E-state index is 13.6. The van der Waals surface area contributed by atoms with E-state index in [0.717, 1.165) is 12.1 Å². The zero-order valence-corrected chi connectivity index (χ0v) is 14.6. The number of rotatable bonds is 2. The topological polar surface area (TPSA) is 50.8 Å². The lowest BCUT2D eigenvalue weighted by molar-refractivity contribution is 0.00528. The molecule has 1 saturated heterocycles. The van der Waals surface area contributed by atoms with Crippen LogP contribution in [0.4, 0.5) is 8.78 Å². The van der Waals surface area contributed by atoms with Crippen molar-refractivity contribution in [1.29, 1.82) is 0 Å². The van der Waals surface area contributed by atoms with Gasteiger partial charge in [0.15, 0.2) is 5.96 Å². The van der Waals surface area contributed by atoms with E-state index in [9.17, 15) is 8.78 Å². The van der Waals surface area contributed by atoms with Crippen molar-refractivity contribution in [2.45, 2.75) is 19.6 Å². The van der Waals surface area contributed by atoms with Crippen LogP contribution in [-0.4, -0.2) is 36.7 Å². The third-order valence-electron chi connectivity index (χ3n) is 3.07. The second kappa shape index (κ2) is 8.09. The molecular weight excluding hydrogens is 415 g/mol. The van der Waals surface area contributed by atoms with E-state index in [1.807, 2.05) is 11.8 Å². The average Bonchev–Trinajstić information content (AvgIpc) is 2.41. The number of morpholine rings is 1. The van der Waals surface area contributed by atoms with Crippen molar-refractivity contribution in [2.24, 2.45) is 10.7 Å². The summed E-state index contributed by atoms with van der Waals surface area (Å²) in [7, 11) is 0. The number of ether oxygens (including phenoxy) is 1. The van der Waals surface area contributed by atoms with Crippen LogP contribution in [0.5, 0.6) is 0 Å². The van der Waals surface area contributed by atoms with Crippen molar-refractivity contribution in [2.75, 3.05) is 19.7 Å². The van der Waals surface area contributed by atoms with Crippen LogP contribution in [0.2, 0.25) is 5.02 Å². The number of hydrogen-bond acceptors (Lipinski definition) is 2. The summed E-state index contributed by atoms with van der Waals surface area (Å²) in [5.41, 5.74) is 5.98. The fraction of sp³-hybridized carbons (Fsp3) is 0.462. The summed E-state index contributed by atoms with van der Waals surface area (Å²) in [6, 6.07) is 1.98. The molecule has 1 atom stereocenters. The van der Waals surface area contributed by atoms with Crippen LogP contribution in [0.15, 0.2) is 17.1 Å². The van der Waals surface area contributed by atoms with E-state index in [0.29, 0.717) is 25.7 Å². The Bertz CT molecular complexity index is 530. The molecule has 0 spiro atoms. The van der Waals surface area contributed by atoms with Crippen LogP contribution in [-0.2, 0) is 11.3 Å². The quantitative estimate of drug-likeness (QED) is 0.339. The van der Waals surface area contributed by atoms with Crippen molar-refractivity contribution < 1.29 is 13.5 Å². The minimum absolute atomic E-state index is 0. The Labute approximate surface area is 144 Å². The van der Waals surface area contributed by atoms with Crippen LogP contribution in [0.3, 0.4) is 0 Å². The second-order valence-corrected chi connectivity index (χ2v) is 5.07. The number of benzene rings is 1. The molecule has 1 fully saturated rings. The standard InChI is InChI=1S/C13H16ClF2N3O.HI/c1-8-7-19(2-3-20-8)13(17)18-6-9-4-12(16)10(14)5-11(9)15;/h4-5,8H,2-3,6-7H2,1H3,(H2,17,18);1H. The largest absolute Gasteiger partial charge is 0.375 e. The van der Waals surface area contributed by atoms with E-state index >= 15 is 0 Å². The molecule has 2 N–H and O–H groups in total. The van der Waals surface area contributed by atoms with Gasteiger partial charge in [0.2, 0.25) is 0 Å². The maximum absolute atomic E-state index is 13.6. The van der Waals surface area contributed by atoms with Gasteiger partial charge in [-0.2, -0.15) is 0 Å². The lowest BCUT2D eigenvalue weighted by Gasteiger charge is -2.31.